The van der Waals surface area contributed by atoms with Crippen LogP contribution in [-0.2, 0) is 13.1 Å². The van der Waals surface area contributed by atoms with E-state index in [1.54, 1.807) is 12.1 Å². The number of rotatable bonds is 0. The fourth-order valence-electron chi connectivity index (χ4n) is 2.09. The first kappa shape index (κ1) is 9.32. The largest absolute Gasteiger partial charge is 0.285 e. The predicted octanol–water partition coefficient (Wildman–Crippen LogP) is 0.377. The van der Waals surface area contributed by atoms with Crippen LogP contribution in [-0.4, -0.2) is 32.4 Å². The molecule has 6 heteroatoms. The first-order chi connectivity index (χ1) is 7.58. The molecule has 2 amide bonds. The van der Waals surface area contributed by atoms with E-state index in [2.05, 4.69) is 0 Å². The molecule has 0 radical (unpaired) electrons. The van der Waals surface area contributed by atoms with Crippen LogP contribution >= 0.6 is 0 Å². The summed E-state index contributed by atoms with van der Waals surface area (Å²) in [7, 11) is 0. The van der Waals surface area contributed by atoms with E-state index in [0.717, 1.165) is 0 Å². The average Bonchev–Trinajstić information content (AvgIpc) is 2.67. The second-order valence-electron chi connectivity index (χ2n) is 3.89. The van der Waals surface area contributed by atoms with Gasteiger partial charge in [0.2, 0.25) is 0 Å². The number of carbonyl (C=O) groups excluding carboxylic acids is 2. The highest BCUT2D eigenvalue weighted by Gasteiger charge is 2.33. The second kappa shape index (κ2) is 2.81. The van der Waals surface area contributed by atoms with E-state index >= 15 is 0 Å². The van der Waals surface area contributed by atoms with Gasteiger partial charge in [0.05, 0.1) is 13.1 Å². The highest BCUT2D eigenvalue weighted by Crippen LogP contribution is 2.29. The number of fused-ring (bicyclic) bond motifs is 2. The van der Waals surface area contributed by atoms with Crippen LogP contribution in [0.2, 0.25) is 0 Å². The molecule has 2 aliphatic heterocycles. The van der Waals surface area contributed by atoms with E-state index in [0.29, 0.717) is 32.4 Å². The van der Waals surface area contributed by atoms with E-state index in [1.807, 2.05) is 0 Å². The third kappa shape index (κ3) is 1.02. The van der Waals surface area contributed by atoms with Crippen molar-refractivity contribution < 1.29 is 20.0 Å². The monoisotopic (exact) mass is 220 g/mol. The van der Waals surface area contributed by atoms with E-state index < -0.39 is 11.8 Å². The standard InChI is InChI=1S/C10H8N2O4/c13-9-7-1-5-3-11(15)10(14)8(5)2-6(7)4-12(9)16/h1-2,15-16H,3-4H2. The summed E-state index contributed by atoms with van der Waals surface area (Å²) in [6.07, 6.45) is 0. The van der Waals surface area contributed by atoms with Crippen LogP contribution < -0.4 is 0 Å². The molecule has 0 fully saturated rings. The van der Waals surface area contributed by atoms with E-state index in [4.69, 9.17) is 0 Å². The van der Waals surface area contributed by atoms with Gasteiger partial charge in [0, 0.05) is 11.1 Å². The normalized spacial score (nSPS) is 18.1. The lowest BCUT2D eigenvalue weighted by Crippen LogP contribution is -2.19. The van der Waals surface area contributed by atoms with Gasteiger partial charge in [-0.3, -0.25) is 20.0 Å². The molecule has 1 aromatic carbocycles. The van der Waals surface area contributed by atoms with Crippen molar-refractivity contribution in [1.82, 2.24) is 10.1 Å². The molecule has 0 aliphatic carbocycles. The first-order valence-corrected chi connectivity index (χ1v) is 4.75. The Morgan fingerprint density at radius 1 is 0.875 bits per heavy atom. The molecule has 0 spiro atoms. The molecule has 0 atom stereocenters. The van der Waals surface area contributed by atoms with Gasteiger partial charge in [0.1, 0.15) is 0 Å². The summed E-state index contributed by atoms with van der Waals surface area (Å²) < 4.78 is 0. The van der Waals surface area contributed by atoms with Gasteiger partial charge in [-0.15, -0.1) is 0 Å². The van der Waals surface area contributed by atoms with Crippen molar-refractivity contribution in [2.24, 2.45) is 0 Å². The Bertz CT molecular complexity index is 478. The maximum atomic E-state index is 11.5. The molecule has 0 aromatic heterocycles. The molecule has 82 valence electrons. The maximum absolute atomic E-state index is 11.5. The summed E-state index contributed by atoms with van der Waals surface area (Å²) in [5.74, 6) is -0.941. The van der Waals surface area contributed by atoms with Gasteiger partial charge in [-0.1, -0.05) is 0 Å². The lowest BCUT2D eigenvalue weighted by molar-refractivity contribution is -0.0588. The van der Waals surface area contributed by atoms with Crippen molar-refractivity contribution in [3.05, 3.63) is 34.4 Å². The van der Waals surface area contributed by atoms with Gasteiger partial charge in [0.25, 0.3) is 11.8 Å². The molecule has 3 rings (SSSR count). The van der Waals surface area contributed by atoms with E-state index in [9.17, 15) is 20.0 Å². The number of benzene rings is 1. The van der Waals surface area contributed by atoms with Gasteiger partial charge >= 0.3 is 0 Å². The summed E-state index contributed by atoms with van der Waals surface area (Å²) in [5.41, 5.74) is 2.00. The number of amides is 2. The molecular formula is C10H8N2O4. The van der Waals surface area contributed by atoms with Gasteiger partial charge in [0.15, 0.2) is 0 Å². The Hall–Kier alpha value is -1.92. The Morgan fingerprint density at radius 2 is 1.25 bits per heavy atom. The number of hydroxylamine groups is 4. The second-order valence-corrected chi connectivity index (χ2v) is 3.89. The molecule has 0 bridgehead atoms. The first-order valence-electron chi connectivity index (χ1n) is 4.75. The Kier molecular flexibility index (Phi) is 1.63. The minimum absolute atomic E-state index is 0.0835. The quantitative estimate of drug-likeness (QED) is 0.619. The zero-order valence-corrected chi connectivity index (χ0v) is 8.17. The summed E-state index contributed by atoms with van der Waals surface area (Å²) in [4.78, 5) is 22.9. The number of carbonyl (C=O) groups is 2. The lowest BCUT2D eigenvalue weighted by atomic mass is 10.0. The SMILES string of the molecule is O=C1c2cc3c(cc2CN1O)C(=O)N(O)C3. The number of nitrogens with zero attached hydrogens (tertiary/aromatic N) is 2. The van der Waals surface area contributed by atoms with Crippen LogP contribution in [0.3, 0.4) is 0 Å². The highest BCUT2D eigenvalue weighted by atomic mass is 16.5. The number of hydrogen-bond donors (Lipinski definition) is 2. The van der Waals surface area contributed by atoms with Crippen LogP contribution in [0, 0.1) is 0 Å². The molecule has 16 heavy (non-hydrogen) atoms. The van der Waals surface area contributed by atoms with Crippen LogP contribution in [0.25, 0.3) is 0 Å². The molecule has 2 aliphatic rings. The number of hydrogen-bond acceptors (Lipinski definition) is 4. The van der Waals surface area contributed by atoms with Crippen molar-refractivity contribution in [1.29, 1.82) is 0 Å². The van der Waals surface area contributed by atoms with Crippen LogP contribution in [0.4, 0.5) is 0 Å². The molecule has 0 saturated heterocycles. The van der Waals surface area contributed by atoms with Crippen molar-refractivity contribution in [2.45, 2.75) is 13.1 Å². The zero-order chi connectivity index (χ0) is 11.4. The van der Waals surface area contributed by atoms with Crippen molar-refractivity contribution >= 4 is 11.8 Å². The highest BCUT2D eigenvalue weighted by molar-refractivity contribution is 6.02. The molecule has 6 nitrogen and oxygen atoms in total. The fraction of sp³-hybridized carbons (Fsp3) is 0.200. The van der Waals surface area contributed by atoms with Crippen LogP contribution in [0.15, 0.2) is 12.1 Å². The minimum Gasteiger partial charge on any atom is -0.285 e. The topological polar surface area (TPSA) is 81.1 Å². The smallest absolute Gasteiger partial charge is 0.277 e. The van der Waals surface area contributed by atoms with E-state index in [-0.39, 0.29) is 13.1 Å². The van der Waals surface area contributed by atoms with Crippen molar-refractivity contribution in [3.63, 3.8) is 0 Å². The average molecular weight is 220 g/mol. The predicted molar refractivity (Wildman–Crippen MR) is 49.8 cm³/mol. The Morgan fingerprint density at radius 3 is 1.62 bits per heavy atom. The fourth-order valence-corrected chi connectivity index (χ4v) is 2.09. The summed E-state index contributed by atoms with van der Waals surface area (Å²) in [6, 6.07) is 3.11. The summed E-state index contributed by atoms with van der Waals surface area (Å²) in [6.45, 7) is 0.167. The van der Waals surface area contributed by atoms with Crippen molar-refractivity contribution in [2.75, 3.05) is 0 Å². The Balaban J connectivity index is 2.17. The maximum Gasteiger partial charge on any atom is 0.277 e. The van der Waals surface area contributed by atoms with E-state index in [1.165, 1.54) is 0 Å². The van der Waals surface area contributed by atoms with Gasteiger partial charge in [-0.05, 0) is 23.3 Å². The molecule has 0 saturated carbocycles. The lowest BCUT2D eigenvalue weighted by Gasteiger charge is -2.03. The third-order valence-electron chi connectivity index (χ3n) is 2.90. The Labute approximate surface area is 90.2 Å². The van der Waals surface area contributed by atoms with Crippen molar-refractivity contribution in [3.8, 4) is 0 Å². The van der Waals surface area contributed by atoms with Crippen LogP contribution in [0.1, 0.15) is 31.8 Å². The molecule has 2 heterocycles. The summed E-state index contributed by atoms with van der Waals surface area (Å²) >= 11 is 0. The molecule has 0 unspecified atom stereocenters. The van der Waals surface area contributed by atoms with Gasteiger partial charge in [-0.25, -0.2) is 10.1 Å². The molecular weight excluding hydrogens is 212 g/mol. The third-order valence-corrected chi connectivity index (χ3v) is 2.90. The van der Waals surface area contributed by atoms with Gasteiger partial charge in [-0.2, -0.15) is 0 Å². The molecule has 1 aromatic rings. The summed E-state index contributed by atoms with van der Waals surface area (Å²) in [5, 5.41) is 19.7. The van der Waals surface area contributed by atoms with Gasteiger partial charge < -0.3 is 0 Å². The molecule has 2 N–H and O–H groups in total. The minimum atomic E-state index is -0.471. The van der Waals surface area contributed by atoms with Crippen LogP contribution in [0.5, 0.6) is 0 Å². The zero-order valence-electron chi connectivity index (χ0n) is 8.17.